The van der Waals surface area contributed by atoms with Gasteiger partial charge >= 0.3 is 0 Å². The number of ether oxygens (including phenoxy) is 1. The summed E-state index contributed by atoms with van der Waals surface area (Å²) in [5.74, 6) is 7.07. The maximum atomic E-state index is 5.08. The average Bonchev–Trinajstić information content (AvgIpc) is 2.30. The van der Waals surface area contributed by atoms with E-state index in [0.717, 1.165) is 24.4 Å². The Balaban J connectivity index is 2.52. The molecule has 0 saturated heterocycles. The first-order valence-corrected chi connectivity index (χ1v) is 5.18. The van der Waals surface area contributed by atoms with Gasteiger partial charge in [-0.25, -0.2) is 0 Å². The van der Waals surface area contributed by atoms with Gasteiger partial charge in [0.1, 0.15) is 5.75 Å². The minimum Gasteiger partial charge on any atom is -0.497 e. The smallest absolute Gasteiger partial charge is 0.118 e. The number of methoxy groups -OCH3 is 1. The molecular formula is C14H17NO. The SMILES string of the molecule is C=CCN(C)CC#Cc1ccc(OC)cc1. The summed E-state index contributed by atoms with van der Waals surface area (Å²) in [5.41, 5.74) is 1.01. The Morgan fingerprint density at radius 2 is 2.06 bits per heavy atom. The van der Waals surface area contributed by atoms with E-state index in [0.29, 0.717) is 0 Å². The lowest BCUT2D eigenvalue weighted by Crippen LogP contribution is -2.17. The van der Waals surface area contributed by atoms with Gasteiger partial charge in [0.15, 0.2) is 0 Å². The minimum absolute atomic E-state index is 0.748. The molecule has 1 rings (SSSR count). The quantitative estimate of drug-likeness (QED) is 0.564. The van der Waals surface area contributed by atoms with Crippen molar-refractivity contribution in [2.45, 2.75) is 0 Å². The predicted octanol–water partition coefficient (Wildman–Crippen LogP) is 2.16. The highest BCUT2D eigenvalue weighted by Crippen LogP contribution is 2.09. The molecule has 0 heterocycles. The molecule has 0 bridgehead atoms. The molecule has 0 saturated carbocycles. The zero-order valence-corrected chi connectivity index (χ0v) is 9.86. The van der Waals surface area contributed by atoms with Crippen LogP contribution in [0.2, 0.25) is 0 Å². The molecule has 0 N–H and O–H groups in total. The molecule has 2 heteroatoms. The second-order valence-electron chi connectivity index (χ2n) is 3.52. The lowest BCUT2D eigenvalue weighted by molar-refractivity contribution is 0.414. The normalized spacial score (nSPS) is 9.44. The molecular weight excluding hydrogens is 198 g/mol. The summed E-state index contributed by atoms with van der Waals surface area (Å²) in [7, 11) is 3.68. The van der Waals surface area contributed by atoms with Crippen molar-refractivity contribution in [3.63, 3.8) is 0 Å². The van der Waals surface area contributed by atoms with Crippen molar-refractivity contribution in [2.75, 3.05) is 27.2 Å². The molecule has 0 aliphatic rings. The standard InChI is InChI=1S/C14H17NO/c1-4-11-15(2)12-5-6-13-7-9-14(16-3)10-8-13/h4,7-10H,1,11-12H2,2-3H3. The highest BCUT2D eigenvalue weighted by molar-refractivity contribution is 5.38. The second kappa shape index (κ2) is 6.71. The van der Waals surface area contributed by atoms with Gasteiger partial charge in [-0.1, -0.05) is 17.9 Å². The van der Waals surface area contributed by atoms with Crippen molar-refractivity contribution in [3.05, 3.63) is 42.5 Å². The third-order valence-electron chi connectivity index (χ3n) is 2.11. The molecule has 16 heavy (non-hydrogen) atoms. The van der Waals surface area contributed by atoms with E-state index in [1.54, 1.807) is 7.11 Å². The van der Waals surface area contributed by atoms with Gasteiger partial charge in [0.25, 0.3) is 0 Å². The fourth-order valence-electron chi connectivity index (χ4n) is 1.24. The van der Waals surface area contributed by atoms with Gasteiger partial charge in [0, 0.05) is 12.1 Å². The molecule has 0 unspecified atom stereocenters. The molecule has 2 nitrogen and oxygen atoms in total. The van der Waals surface area contributed by atoms with Crippen LogP contribution in [0.25, 0.3) is 0 Å². The highest BCUT2D eigenvalue weighted by Gasteiger charge is 1.91. The summed E-state index contributed by atoms with van der Waals surface area (Å²) >= 11 is 0. The van der Waals surface area contributed by atoms with Gasteiger partial charge in [-0.3, -0.25) is 4.90 Å². The molecule has 0 fully saturated rings. The Labute approximate surface area is 97.5 Å². The molecule has 1 aromatic rings. The van der Waals surface area contributed by atoms with Crippen LogP contribution in [0.4, 0.5) is 0 Å². The van der Waals surface area contributed by atoms with E-state index < -0.39 is 0 Å². The molecule has 0 atom stereocenters. The van der Waals surface area contributed by atoms with Crippen LogP contribution < -0.4 is 4.74 Å². The summed E-state index contributed by atoms with van der Waals surface area (Å²) in [4.78, 5) is 2.10. The van der Waals surface area contributed by atoms with E-state index in [2.05, 4.69) is 23.3 Å². The van der Waals surface area contributed by atoms with Crippen molar-refractivity contribution in [2.24, 2.45) is 0 Å². The zero-order valence-electron chi connectivity index (χ0n) is 9.86. The van der Waals surface area contributed by atoms with Crippen LogP contribution in [-0.2, 0) is 0 Å². The van der Waals surface area contributed by atoms with E-state index in [9.17, 15) is 0 Å². The van der Waals surface area contributed by atoms with Crippen molar-refractivity contribution in [3.8, 4) is 17.6 Å². The molecule has 0 radical (unpaired) electrons. The molecule has 84 valence electrons. The molecule has 0 amide bonds. The number of benzene rings is 1. The summed E-state index contributed by atoms with van der Waals surface area (Å²) in [6.07, 6.45) is 1.87. The van der Waals surface area contributed by atoms with E-state index in [1.807, 2.05) is 37.4 Å². The van der Waals surface area contributed by atoms with Gasteiger partial charge in [-0.2, -0.15) is 0 Å². The maximum absolute atomic E-state index is 5.08. The molecule has 1 aromatic carbocycles. The van der Waals surface area contributed by atoms with Gasteiger partial charge in [-0.15, -0.1) is 6.58 Å². The fourth-order valence-corrected chi connectivity index (χ4v) is 1.24. The zero-order chi connectivity index (χ0) is 11.8. The summed E-state index contributed by atoms with van der Waals surface area (Å²) in [5, 5.41) is 0. The van der Waals surface area contributed by atoms with Crippen LogP contribution in [0.1, 0.15) is 5.56 Å². The summed E-state index contributed by atoms with van der Waals surface area (Å²) < 4.78 is 5.08. The first-order valence-electron chi connectivity index (χ1n) is 5.18. The van der Waals surface area contributed by atoms with Gasteiger partial charge in [0.2, 0.25) is 0 Å². The van der Waals surface area contributed by atoms with Crippen LogP contribution in [0.5, 0.6) is 5.75 Å². The monoisotopic (exact) mass is 215 g/mol. The second-order valence-corrected chi connectivity index (χ2v) is 3.52. The fraction of sp³-hybridized carbons (Fsp3) is 0.286. The first kappa shape index (κ1) is 12.4. The highest BCUT2D eigenvalue weighted by atomic mass is 16.5. The van der Waals surface area contributed by atoms with Crippen molar-refractivity contribution in [1.82, 2.24) is 4.90 Å². The van der Waals surface area contributed by atoms with Crippen LogP contribution in [0, 0.1) is 11.8 Å². The van der Waals surface area contributed by atoms with Crippen molar-refractivity contribution >= 4 is 0 Å². The van der Waals surface area contributed by atoms with Crippen LogP contribution in [0.3, 0.4) is 0 Å². The third kappa shape index (κ3) is 4.20. The van der Waals surface area contributed by atoms with Crippen molar-refractivity contribution < 1.29 is 4.74 Å². The van der Waals surface area contributed by atoms with E-state index >= 15 is 0 Å². The largest absolute Gasteiger partial charge is 0.497 e. The maximum Gasteiger partial charge on any atom is 0.118 e. The van der Waals surface area contributed by atoms with Gasteiger partial charge in [0.05, 0.1) is 13.7 Å². The Kier molecular flexibility index (Phi) is 5.18. The summed E-state index contributed by atoms with van der Waals surface area (Å²) in [6, 6.07) is 7.74. The Bertz CT molecular complexity index is 383. The Morgan fingerprint density at radius 1 is 1.38 bits per heavy atom. The number of hydrogen-bond donors (Lipinski definition) is 0. The topological polar surface area (TPSA) is 12.5 Å². The minimum atomic E-state index is 0.748. The van der Waals surface area contributed by atoms with Crippen LogP contribution >= 0.6 is 0 Å². The molecule has 0 spiro atoms. The van der Waals surface area contributed by atoms with Crippen LogP contribution in [0.15, 0.2) is 36.9 Å². The Morgan fingerprint density at radius 3 is 2.62 bits per heavy atom. The average molecular weight is 215 g/mol. The molecule has 0 aromatic heterocycles. The predicted molar refractivity (Wildman–Crippen MR) is 67.6 cm³/mol. The molecule has 0 aliphatic carbocycles. The van der Waals surface area contributed by atoms with E-state index in [-0.39, 0.29) is 0 Å². The number of nitrogens with zero attached hydrogens (tertiary/aromatic N) is 1. The van der Waals surface area contributed by atoms with E-state index in [1.165, 1.54) is 0 Å². The number of rotatable bonds is 4. The van der Waals surface area contributed by atoms with Gasteiger partial charge in [-0.05, 0) is 31.3 Å². The third-order valence-corrected chi connectivity index (χ3v) is 2.11. The summed E-state index contributed by atoms with van der Waals surface area (Å²) in [6.45, 7) is 5.29. The van der Waals surface area contributed by atoms with Crippen molar-refractivity contribution in [1.29, 1.82) is 0 Å². The first-order chi connectivity index (χ1) is 7.76. The number of likely N-dealkylation sites (N-methyl/N-ethyl adjacent to an activating group) is 1. The molecule has 0 aliphatic heterocycles. The lowest BCUT2D eigenvalue weighted by Gasteiger charge is -2.08. The number of hydrogen-bond acceptors (Lipinski definition) is 2. The lowest BCUT2D eigenvalue weighted by atomic mass is 10.2. The van der Waals surface area contributed by atoms with E-state index in [4.69, 9.17) is 4.74 Å². The van der Waals surface area contributed by atoms with Crippen LogP contribution in [-0.4, -0.2) is 32.1 Å². The Hall–Kier alpha value is -1.72. The van der Waals surface area contributed by atoms with Gasteiger partial charge < -0.3 is 4.74 Å².